The lowest BCUT2D eigenvalue weighted by Crippen LogP contribution is -2.20. The van der Waals surface area contributed by atoms with E-state index >= 15 is 0 Å². The molecule has 1 nitrogen and oxygen atoms in total. The van der Waals surface area contributed by atoms with E-state index in [9.17, 15) is 13.2 Å². The summed E-state index contributed by atoms with van der Waals surface area (Å²) in [6.45, 7) is 0. The summed E-state index contributed by atoms with van der Waals surface area (Å²) in [5.41, 5.74) is -0.00815. The molecule has 0 aliphatic rings. The Morgan fingerprint density at radius 1 is 0.900 bits per heavy atom. The third-order valence-electron chi connectivity index (χ3n) is 3.37. The molecule has 0 aromatic heterocycles. The number of fused-ring (bicyclic) bond motifs is 2. The number of hydrogen-bond donors (Lipinski definition) is 1. The molecule has 0 spiro atoms. The molecule has 0 fully saturated rings. The van der Waals surface area contributed by atoms with Gasteiger partial charge in [0, 0.05) is 5.56 Å². The fraction of sp³-hybridized carbons (Fsp3) is 0.125. The first-order chi connectivity index (χ1) is 10.0. The maximum atomic E-state index is 13.2. The molecule has 0 radical (unpaired) electrons. The highest BCUT2D eigenvalue weighted by Crippen LogP contribution is 2.40. The van der Waals surface area contributed by atoms with Gasteiger partial charge in [-0.3, -0.25) is 0 Å². The van der Waals surface area contributed by atoms with Crippen LogP contribution in [0.5, 0.6) is 0 Å². The van der Waals surface area contributed by atoms with E-state index in [0.717, 1.165) is 0 Å². The summed E-state index contributed by atoms with van der Waals surface area (Å²) in [5.74, 6) is 0. The molecule has 1 atom stereocenters. The van der Waals surface area contributed by atoms with E-state index in [0.29, 0.717) is 21.5 Å². The van der Waals surface area contributed by atoms with Gasteiger partial charge in [0.25, 0.3) is 0 Å². The summed E-state index contributed by atoms with van der Waals surface area (Å²) >= 11 is 0. The van der Waals surface area contributed by atoms with Gasteiger partial charge >= 0.3 is 6.18 Å². The minimum absolute atomic E-state index is 0.00815. The summed E-state index contributed by atoms with van der Waals surface area (Å²) < 4.78 is 46.5. The van der Waals surface area contributed by atoms with E-state index in [-0.39, 0.29) is 5.56 Å². The van der Waals surface area contributed by atoms with Crippen molar-refractivity contribution in [3.63, 3.8) is 0 Å². The minimum atomic E-state index is -4.64. The number of alkyl halides is 3. The van der Waals surface area contributed by atoms with Crippen LogP contribution in [0.1, 0.15) is 11.7 Å². The van der Waals surface area contributed by atoms with Crippen molar-refractivity contribution in [1.29, 1.82) is 1.43 Å². The van der Waals surface area contributed by atoms with Gasteiger partial charge in [-0.2, -0.15) is 13.2 Å². The second-order valence-corrected chi connectivity index (χ2v) is 4.65. The van der Waals surface area contributed by atoms with Crippen LogP contribution in [0.4, 0.5) is 13.2 Å². The van der Waals surface area contributed by atoms with Crippen molar-refractivity contribution in [2.75, 3.05) is 0 Å². The van der Waals surface area contributed by atoms with Gasteiger partial charge in [-0.05, 0) is 27.6 Å². The highest BCUT2D eigenvalue weighted by Gasteiger charge is 2.41. The topological polar surface area (TPSA) is 20.2 Å². The van der Waals surface area contributed by atoms with E-state index in [1.54, 1.807) is 48.5 Å². The van der Waals surface area contributed by atoms with E-state index < -0.39 is 12.3 Å². The molecule has 0 aliphatic heterocycles. The van der Waals surface area contributed by atoms with E-state index in [1.807, 2.05) is 6.07 Å². The Kier molecular flexibility index (Phi) is 2.63. The molecule has 4 heteroatoms. The van der Waals surface area contributed by atoms with Crippen LogP contribution < -0.4 is 0 Å². The van der Waals surface area contributed by atoms with Gasteiger partial charge in [-0.25, -0.2) is 0 Å². The third kappa shape index (κ3) is 2.02. The lowest BCUT2D eigenvalue weighted by molar-refractivity contribution is -0.205. The molecule has 0 saturated carbocycles. The first-order valence-corrected chi connectivity index (χ1v) is 6.11. The van der Waals surface area contributed by atoms with E-state index in [4.69, 9.17) is 1.43 Å². The van der Waals surface area contributed by atoms with Crippen LogP contribution in [0.15, 0.2) is 54.6 Å². The van der Waals surface area contributed by atoms with Gasteiger partial charge in [0.1, 0.15) is 0 Å². The maximum absolute atomic E-state index is 13.2. The van der Waals surface area contributed by atoms with Crippen LogP contribution in [0.2, 0.25) is 0 Å². The molecule has 0 bridgehead atoms. The Hall–Kier alpha value is -2.07. The summed E-state index contributed by atoms with van der Waals surface area (Å²) in [6, 6.07) is 15.5. The Balaban J connectivity index is 2.45. The molecule has 20 heavy (non-hydrogen) atoms. The molecule has 0 heterocycles. The zero-order valence-electron chi connectivity index (χ0n) is 11.3. The van der Waals surface area contributed by atoms with Gasteiger partial charge in [0.05, 0.1) is 0 Å². The zero-order chi connectivity index (χ0) is 15.0. The van der Waals surface area contributed by atoms with Crippen molar-refractivity contribution in [3.05, 3.63) is 60.2 Å². The first kappa shape index (κ1) is 11.7. The molecule has 3 rings (SSSR count). The van der Waals surface area contributed by atoms with Crippen LogP contribution in [0, 0.1) is 0 Å². The van der Waals surface area contributed by atoms with Gasteiger partial charge in [0.2, 0.25) is 1.43 Å². The summed E-state index contributed by atoms with van der Waals surface area (Å²) in [7, 11) is 0. The van der Waals surface area contributed by atoms with Crippen molar-refractivity contribution in [2.45, 2.75) is 12.3 Å². The Morgan fingerprint density at radius 2 is 1.40 bits per heavy atom. The van der Waals surface area contributed by atoms with Crippen molar-refractivity contribution in [3.8, 4) is 0 Å². The average Bonchev–Trinajstić information content (AvgIpc) is 2.46. The normalized spacial score (nSPS) is 14.4. The Labute approximate surface area is 114 Å². The first-order valence-electron chi connectivity index (χ1n) is 6.52. The van der Waals surface area contributed by atoms with E-state index in [1.165, 1.54) is 0 Å². The second kappa shape index (κ2) is 4.49. The zero-order valence-corrected chi connectivity index (χ0v) is 10.3. The molecular weight excluding hydrogens is 265 g/mol. The lowest BCUT2D eigenvalue weighted by atomic mass is 9.93. The number of rotatable bonds is 2. The predicted molar refractivity (Wildman–Crippen MR) is 72.5 cm³/mol. The van der Waals surface area contributed by atoms with Crippen molar-refractivity contribution >= 4 is 21.5 Å². The highest BCUT2D eigenvalue weighted by atomic mass is 19.4. The molecule has 3 aromatic carbocycles. The fourth-order valence-corrected chi connectivity index (χ4v) is 2.50. The van der Waals surface area contributed by atoms with Gasteiger partial charge in [-0.15, -0.1) is 0 Å². The SMILES string of the molecule is [2H]O[C@H](c1c2ccccc2cc2ccccc12)C(F)(F)F. The Bertz CT molecular complexity index is 744. The van der Waals surface area contributed by atoms with Gasteiger partial charge in [0.15, 0.2) is 6.10 Å². The number of aliphatic hydroxyl groups excluding tert-OH is 1. The van der Waals surface area contributed by atoms with Crippen LogP contribution in [-0.2, 0) is 0 Å². The Morgan fingerprint density at radius 3 is 1.85 bits per heavy atom. The van der Waals surface area contributed by atoms with Crippen LogP contribution in [-0.4, -0.2) is 12.7 Å². The van der Waals surface area contributed by atoms with Crippen molar-refractivity contribution < 1.29 is 18.3 Å². The molecule has 3 aromatic rings. The predicted octanol–water partition coefficient (Wildman–Crippen LogP) is 4.59. The average molecular weight is 277 g/mol. The molecule has 0 amide bonds. The molecule has 0 aliphatic carbocycles. The van der Waals surface area contributed by atoms with Crippen LogP contribution >= 0.6 is 0 Å². The highest BCUT2D eigenvalue weighted by molar-refractivity contribution is 6.02. The molecule has 0 unspecified atom stereocenters. The van der Waals surface area contributed by atoms with Crippen molar-refractivity contribution in [1.82, 2.24) is 0 Å². The second-order valence-electron chi connectivity index (χ2n) is 4.65. The number of aliphatic hydroxyl groups is 1. The molecule has 0 saturated heterocycles. The monoisotopic (exact) mass is 277 g/mol. The van der Waals surface area contributed by atoms with E-state index in [2.05, 4.69) is 5.11 Å². The molecule has 1 N–H and O–H groups in total. The lowest BCUT2D eigenvalue weighted by Gasteiger charge is -2.19. The summed E-state index contributed by atoms with van der Waals surface area (Å²) in [5, 5.41) is 6.33. The standard InChI is InChI=1S/C16H11F3O/c17-16(18,19)15(20)14-12-7-3-1-5-10(12)9-11-6-2-4-8-13(11)14/h1-9,15,20H/t15-/m1/s1/i20D. The maximum Gasteiger partial charge on any atom is 0.418 e. The molecule has 102 valence electrons. The van der Waals surface area contributed by atoms with Gasteiger partial charge in [-0.1, -0.05) is 48.5 Å². The fourth-order valence-electron chi connectivity index (χ4n) is 2.50. The largest absolute Gasteiger partial charge is 0.418 e. The smallest absolute Gasteiger partial charge is 0.379 e. The quantitative estimate of drug-likeness (QED) is 0.679. The number of hydrogen-bond acceptors (Lipinski definition) is 1. The van der Waals surface area contributed by atoms with Crippen molar-refractivity contribution in [2.24, 2.45) is 0 Å². The van der Waals surface area contributed by atoms with Gasteiger partial charge < -0.3 is 5.11 Å². The summed E-state index contributed by atoms with van der Waals surface area (Å²) in [4.78, 5) is 0. The summed E-state index contributed by atoms with van der Waals surface area (Å²) in [6.07, 6.45) is -6.91. The third-order valence-corrected chi connectivity index (χ3v) is 3.37. The van der Waals surface area contributed by atoms with Crippen LogP contribution in [0.25, 0.3) is 21.5 Å². The minimum Gasteiger partial charge on any atom is -0.379 e. The number of benzene rings is 3. The number of halogens is 3. The molecular formula is C16H11F3O. The van der Waals surface area contributed by atoms with Crippen LogP contribution in [0.3, 0.4) is 0 Å².